The Morgan fingerprint density at radius 2 is 1.22 bits per heavy atom. The first-order chi connectivity index (χ1) is 8.61. The number of hydrogen-bond acceptors (Lipinski definition) is 2. The van der Waals surface area contributed by atoms with Gasteiger partial charge in [-0.3, -0.25) is 0 Å². The van der Waals surface area contributed by atoms with Crippen molar-refractivity contribution in [2.45, 2.75) is 13.0 Å². The van der Waals surface area contributed by atoms with E-state index < -0.39 is 6.10 Å². The summed E-state index contributed by atoms with van der Waals surface area (Å²) in [7, 11) is 0. The third-order valence-corrected chi connectivity index (χ3v) is 2.23. The Hall–Kier alpha value is -1.71. The Kier molecular flexibility index (Phi) is 6.05. The van der Waals surface area contributed by atoms with Gasteiger partial charge >= 0.3 is 0 Å². The van der Waals surface area contributed by atoms with Crippen molar-refractivity contribution in [3.63, 3.8) is 0 Å². The summed E-state index contributed by atoms with van der Waals surface area (Å²) in [5.41, 5.74) is 6.70. The molecule has 0 radical (unpaired) electrons. The van der Waals surface area contributed by atoms with Gasteiger partial charge in [-0.25, -0.2) is 0 Å². The van der Waals surface area contributed by atoms with Crippen LogP contribution in [0.15, 0.2) is 60.7 Å². The third kappa shape index (κ3) is 5.08. The SMILES string of the molecule is CC(N)=S.OC(c1ccccc1)c1ccccc1. The molecular weight excluding hydrogens is 242 g/mol. The lowest BCUT2D eigenvalue weighted by Crippen LogP contribution is -1.98. The van der Waals surface area contributed by atoms with Crippen molar-refractivity contribution in [3.8, 4) is 0 Å². The second-order valence-corrected chi connectivity index (χ2v) is 4.48. The molecular formula is C15H17NOS. The van der Waals surface area contributed by atoms with E-state index >= 15 is 0 Å². The molecule has 0 aliphatic carbocycles. The lowest BCUT2D eigenvalue weighted by Gasteiger charge is -2.10. The van der Waals surface area contributed by atoms with Crippen molar-refractivity contribution in [1.29, 1.82) is 0 Å². The van der Waals surface area contributed by atoms with Crippen molar-refractivity contribution in [2.24, 2.45) is 5.73 Å². The van der Waals surface area contributed by atoms with Crippen LogP contribution >= 0.6 is 12.2 Å². The number of hydrogen-bond donors (Lipinski definition) is 2. The highest BCUT2D eigenvalue weighted by Gasteiger charge is 2.07. The first-order valence-corrected chi connectivity index (χ1v) is 6.06. The van der Waals surface area contributed by atoms with E-state index in [1.165, 1.54) is 0 Å². The molecule has 0 aromatic heterocycles. The molecule has 0 atom stereocenters. The van der Waals surface area contributed by atoms with E-state index in [1.807, 2.05) is 60.7 Å². The Balaban J connectivity index is 0.000000357. The summed E-state index contributed by atoms with van der Waals surface area (Å²) < 4.78 is 0. The van der Waals surface area contributed by atoms with Crippen LogP contribution < -0.4 is 5.73 Å². The average molecular weight is 259 g/mol. The maximum atomic E-state index is 9.99. The van der Waals surface area contributed by atoms with Gasteiger partial charge in [0.2, 0.25) is 0 Å². The first kappa shape index (κ1) is 14.4. The number of aliphatic hydroxyl groups is 1. The molecule has 0 fully saturated rings. The molecule has 0 unspecified atom stereocenters. The zero-order chi connectivity index (χ0) is 13.4. The monoisotopic (exact) mass is 259 g/mol. The molecule has 3 heteroatoms. The molecule has 0 spiro atoms. The normalized spacial score (nSPS) is 9.50. The molecule has 0 bridgehead atoms. The highest BCUT2D eigenvalue weighted by molar-refractivity contribution is 7.80. The number of thiocarbonyl (C=S) groups is 1. The zero-order valence-electron chi connectivity index (χ0n) is 10.3. The highest BCUT2D eigenvalue weighted by Crippen LogP contribution is 2.20. The number of rotatable bonds is 2. The summed E-state index contributed by atoms with van der Waals surface area (Å²) in [5, 5.41) is 9.99. The fraction of sp³-hybridized carbons (Fsp3) is 0.133. The van der Waals surface area contributed by atoms with E-state index in [0.717, 1.165) is 11.1 Å². The Labute approximate surface area is 113 Å². The Morgan fingerprint density at radius 1 is 0.944 bits per heavy atom. The molecule has 2 aromatic carbocycles. The topological polar surface area (TPSA) is 46.2 Å². The van der Waals surface area contributed by atoms with Crippen molar-refractivity contribution in [1.82, 2.24) is 0 Å². The van der Waals surface area contributed by atoms with E-state index in [0.29, 0.717) is 4.99 Å². The summed E-state index contributed by atoms with van der Waals surface area (Å²) in [6, 6.07) is 19.3. The zero-order valence-corrected chi connectivity index (χ0v) is 11.1. The largest absolute Gasteiger partial charge is 0.394 e. The smallest absolute Gasteiger partial charge is 0.104 e. The van der Waals surface area contributed by atoms with Crippen LogP contribution in [0.3, 0.4) is 0 Å². The molecule has 0 amide bonds. The van der Waals surface area contributed by atoms with Crippen LogP contribution in [0.2, 0.25) is 0 Å². The quantitative estimate of drug-likeness (QED) is 0.815. The predicted octanol–water partition coefficient (Wildman–Crippen LogP) is 3.06. The lowest BCUT2D eigenvalue weighted by atomic mass is 10.0. The van der Waals surface area contributed by atoms with Crippen molar-refractivity contribution >= 4 is 17.2 Å². The third-order valence-electron chi connectivity index (χ3n) is 2.23. The van der Waals surface area contributed by atoms with Crippen LogP contribution in [0.4, 0.5) is 0 Å². The fourth-order valence-electron chi connectivity index (χ4n) is 1.46. The van der Waals surface area contributed by atoms with Gasteiger partial charge in [0.1, 0.15) is 6.10 Å². The molecule has 0 saturated heterocycles. The number of benzene rings is 2. The molecule has 2 rings (SSSR count). The molecule has 18 heavy (non-hydrogen) atoms. The number of nitrogens with two attached hydrogens (primary N) is 1. The van der Waals surface area contributed by atoms with E-state index in [2.05, 4.69) is 12.2 Å². The molecule has 0 heterocycles. The second-order valence-electron chi connectivity index (χ2n) is 3.83. The van der Waals surface area contributed by atoms with E-state index in [1.54, 1.807) is 6.92 Å². The van der Waals surface area contributed by atoms with Gasteiger partial charge in [0.25, 0.3) is 0 Å². The number of aliphatic hydroxyl groups excluding tert-OH is 1. The van der Waals surface area contributed by atoms with Gasteiger partial charge in [-0.1, -0.05) is 72.9 Å². The maximum Gasteiger partial charge on any atom is 0.104 e. The van der Waals surface area contributed by atoms with Gasteiger partial charge in [0.05, 0.1) is 4.99 Å². The van der Waals surface area contributed by atoms with Crippen LogP contribution in [-0.4, -0.2) is 10.1 Å². The van der Waals surface area contributed by atoms with Gasteiger partial charge < -0.3 is 10.8 Å². The summed E-state index contributed by atoms with van der Waals surface area (Å²) >= 11 is 4.31. The summed E-state index contributed by atoms with van der Waals surface area (Å²) in [6.45, 7) is 1.68. The van der Waals surface area contributed by atoms with E-state index in [4.69, 9.17) is 5.73 Å². The molecule has 2 nitrogen and oxygen atoms in total. The van der Waals surface area contributed by atoms with Gasteiger partial charge in [-0.15, -0.1) is 0 Å². The molecule has 0 aliphatic heterocycles. The second kappa shape index (κ2) is 7.58. The Bertz CT molecular complexity index is 427. The average Bonchev–Trinajstić information content (AvgIpc) is 2.39. The molecule has 94 valence electrons. The maximum absolute atomic E-state index is 9.99. The van der Waals surface area contributed by atoms with Gasteiger partial charge in [0, 0.05) is 0 Å². The fourth-order valence-corrected chi connectivity index (χ4v) is 1.46. The standard InChI is InChI=1S/C13H12O.C2H5NS/c14-13(11-7-3-1-4-8-11)12-9-5-2-6-10-12;1-2(3)4/h1-10,13-14H;1H3,(H2,3,4). The first-order valence-electron chi connectivity index (χ1n) is 5.65. The minimum absolute atomic E-state index is 0.500. The molecule has 0 saturated carbocycles. The van der Waals surface area contributed by atoms with Gasteiger partial charge in [0.15, 0.2) is 0 Å². The van der Waals surface area contributed by atoms with Crippen molar-refractivity contribution in [2.75, 3.05) is 0 Å². The van der Waals surface area contributed by atoms with Crippen LogP contribution in [0, 0.1) is 0 Å². The van der Waals surface area contributed by atoms with Crippen LogP contribution in [-0.2, 0) is 0 Å². The van der Waals surface area contributed by atoms with E-state index in [-0.39, 0.29) is 0 Å². The predicted molar refractivity (Wildman–Crippen MR) is 79.4 cm³/mol. The molecule has 0 aliphatic rings. The van der Waals surface area contributed by atoms with Gasteiger partial charge in [-0.05, 0) is 18.1 Å². The van der Waals surface area contributed by atoms with Crippen LogP contribution in [0.25, 0.3) is 0 Å². The van der Waals surface area contributed by atoms with Gasteiger partial charge in [-0.2, -0.15) is 0 Å². The minimum atomic E-state index is -0.516. The van der Waals surface area contributed by atoms with Crippen LogP contribution in [0.1, 0.15) is 24.2 Å². The summed E-state index contributed by atoms with van der Waals surface area (Å²) in [5.74, 6) is 0. The van der Waals surface area contributed by atoms with Crippen LogP contribution in [0.5, 0.6) is 0 Å². The van der Waals surface area contributed by atoms with Crippen molar-refractivity contribution in [3.05, 3.63) is 71.8 Å². The highest BCUT2D eigenvalue weighted by atomic mass is 32.1. The van der Waals surface area contributed by atoms with E-state index in [9.17, 15) is 5.11 Å². The summed E-state index contributed by atoms with van der Waals surface area (Å²) in [6.07, 6.45) is -0.516. The Morgan fingerprint density at radius 3 is 1.50 bits per heavy atom. The van der Waals surface area contributed by atoms with Crippen molar-refractivity contribution < 1.29 is 5.11 Å². The lowest BCUT2D eigenvalue weighted by molar-refractivity contribution is 0.220. The summed E-state index contributed by atoms with van der Waals surface area (Å²) in [4.78, 5) is 0.500. The molecule has 3 N–H and O–H groups in total. The molecule has 2 aromatic rings. The minimum Gasteiger partial charge on any atom is -0.394 e.